The lowest BCUT2D eigenvalue weighted by atomic mass is 10.0. The minimum atomic E-state index is -0.150. The molecule has 1 aliphatic carbocycles. The summed E-state index contributed by atoms with van der Waals surface area (Å²) >= 11 is 0. The zero-order valence-corrected chi connectivity index (χ0v) is 12.6. The zero-order valence-electron chi connectivity index (χ0n) is 12.6. The Labute approximate surface area is 125 Å². The van der Waals surface area contributed by atoms with Gasteiger partial charge in [0.15, 0.2) is 0 Å². The first-order valence-corrected chi connectivity index (χ1v) is 7.39. The van der Waals surface area contributed by atoms with E-state index < -0.39 is 0 Å². The van der Waals surface area contributed by atoms with Crippen molar-refractivity contribution in [1.29, 1.82) is 0 Å². The molecule has 0 radical (unpaired) electrons. The highest BCUT2D eigenvalue weighted by atomic mass is 16.4. The number of carbonyl (C=O) groups is 1. The number of benzene rings is 1. The maximum absolute atomic E-state index is 12.7. The maximum Gasteiger partial charge on any atom is 0.226 e. The van der Waals surface area contributed by atoms with Crippen LogP contribution >= 0.6 is 0 Å². The van der Waals surface area contributed by atoms with Gasteiger partial charge in [0, 0.05) is 24.9 Å². The molecule has 0 bridgehead atoms. The van der Waals surface area contributed by atoms with Crippen molar-refractivity contribution in [1.82, 2.24) is 4.90 Å². The van der Waals surface area contributed by atoms with Gasteiger partial charge in [-0.3, -0.25) is 4.79 Å². The number of rotatable bonds is 5. The van der Waals surface area contributed by atoms with Crippen molar-refractivity contribution >= 4 is 11.7 Å². The van der Waals surface area contributed by atoms with Gasteiger partial charge < -0.3 is 15.8 Å². The van der Waals surface area contributed by atoms with Crippen molar-refractivity contribution in [2.75, 3.05) is 13.1 Å². The van der Waals surface area contributed by atoms with E-state index in [1.807, 2.05) is 26.0 Å². The van der Waals surface area contributed by atoms with Crippen molar-refractivity contribution in [2.24, 2.45) is 22.7 Å². The number of nitrogens with zero attached hydrogens (tertiary/aromatic N) is 2. The van der Waals surface area contributed by atoms with Crippen molar-refractivity contribution in [3.63, 3.8) is 0 Å². The lowest BCUT2D eigenvalue weighted by molar-refractivity contribution is -0.135. The monoisotopic (exact) mass is 289 g/mol. The van der Waals surface area contributed by atoms with Gasteiger partial charge >= 0.3 is 0 Å². The molecule has 0 fully saturated rings. The fourth-order valence-electron chi connectivity index (χ4n) is 2.89. The van der Waals surface area contributed by atoms with Crippen LogP contribution in [-0.4, -0.2) is 34.9 Å². The van der Waals surface area contributed by atoms with E-state index in [0.717, 1.165) is 12.8 Å². The molecule has 1 aliphatic rings. The average Bonchev–Trinajstić information content (AvgIpc) is 2.94. The van der Waals surface area contributed by atoms with E-state index in [0.29, 0.717) is 13.1 Å². The summed E-state index contributed by atoms with van der Waals surface area (Å²) in [6, 6.07) is 8.23. The number of hydrogen-bond donors (Lipinski definition) is 2. The van der Waals surface area contributed by atoms with E-state index in [9.17, 15) is 4.79 Å². The summed E-state index contributed by atoms with van der Waals surface area (Å²) in [5.74, 6) is 0.187. The van der Waals surface area contributed by atoms with Crippen LogP contribution in [0.1, 0.15) is 25.0 Å². The van der Waals surface area contributed by atoms with E-state index in [2.05, 4.69) is 17.3 Å². The fraction of sp³-hybridized carbons (Fsp3) is 0.500. The summed E-state index contributed by atoms with van der Waals surface area (Å²) in [6.45, 7) is 4.93. The molecular formula is C16H23N3O2. The highest BCUT2D eigenvalue weighted by Crippen LogP contribution is 2.28. The summed E-state index contributed by atoms with van der Waals surface area (Å²) in [4.78, 5) is 14.5. The number of nitrogens with two attached hydrogens (primary N) is 1. The van der Waals surface area contributed by atoms with Crippen LogP contribution in [0.4, 0.5) is 0 Å². The Morgan fingerprint density at radius 2 is 2.00 bits per heavy atom. The molecule has 2 rings (SSSR count). The Hall–Kier alpha value is -2.04. The minimum absolute atomic E-state index is 0.0156. The summed E-state index contributed by atoms with van der Waals surface area (Å²) in [5, 5.41) is 11.7. The summed E-state index contributed by atoms with van der Waals surface area (Å²) < 4.78 is 0. The van der Waals surface area contributed by atoms with Crippen molar-refractivity contribution in [3.8, 4) is 0 Å². The van der Waals surface area contributed by atoms with Gasteiger partial charge in [0.25, 0.3) is 0 Å². The zero-order chi connectivity index (χ0) is 15.4. The van der Waals surface area contributed by atoms with Crippen LogP contribution in [0, 0.1) is 11.8 Å². The first kappa shape index (κ1) is 15.4. The van der Waals surface area contributed by atoms with Gasteiger partial charge in [-0.05, 0) is 30.9 Å². The highest BCUT2D eigenvalue weighted by molar-refractivity contribution is 5.84. The van der Waals surface area contributed by atoms with Gasteiger partial charge in [0.1, 0.15) is 5.84 Å². The van der Waals surface area contributed by atoms with Crippen LogP contribution in [0.15, 0.2) is 29.4 Å². The van der Waals surface area contributed by atoms with Crippen LogP contribution in [0.5, 0.6) is 0 Å². The van der Waals surface area contributed by atoms with E-state index in [1.165, 1.54) is 11.1 Å². The largest absolute Gasteiger partial charge is 0.409 e. The van der Waals surface area contributed by atoms with Crippen LogP contribution in [0.3, 0.4) is 0 Å². The molecule has 1 aromatic rings. The lowest BCUT2D eigenvalue weighted by Crippen LogP contribution is -2.42. The molecule has 0 heterocycles. The molecule has 0 aromatic heterocycles. The van der Waals surface area contributed by atoms with E-state index in [1.54, 1.807) is 4.90 Å². The Bertz CT molecular complexity index is 517. The molecule has 0 spiro atoms. The topological polar surface area (TPSA) is 78.9 Å². The second-order valence-electron chi connectivity index (χ2n) is 5.68. The standard InChI is InChI=1S/C16H23N3O2/c1-3-19(10-11(2)15(17)18-21)16(20)14-8-12-6-4-5-7-13(12)9-14/h4-7,11,14,21H,3,8-10H2,1-2H3,(H2,17,18). The van der Waals surface area contributed by atoms with Gasteiger partial charge in [0.05, 0.1) is 0 Å². The number of oxime groups is 1. The molecule has 5 nitrogen and oxygen atoms in total. The normalized spacial score (nSPS) is 16.6. The van der Waals surface area contributed by atoms with Crippen LogP contribution in [0.25, 0.3) is 0 Å². The van der Waals surface area contributed by atoms with Gasteiger partial charge in [-0.25, -0.2) is 0 Å². The quantitative estimate of drug-likeness (QED) is 0.374. The Balaban J connectivity index is 2.02. The van der Waals surface area contributed by atoms with E-state index in [-0.39, 0.29) is 23.6 Å². The third kappa shape index (κ3) is 3.35. The van der Waals surface area contributed by atoms with E-state index in [4.69, 9.17) is 10.9 Å². The third-order valence-electron chi connectivity index (χ3n) is 4.21. The van der Waals surface area contributed by atoms with Gasteiger partial charge in [-0.15, -0.1) is 0 Å². The number of carbonyl (C=O) groups excluding carboxylic acids is 1. The van der Waals surface area contributed by atoms with Crippen LogP contribution < -0.4 is 5.73 Å². The molecule has 1 aromatic carbocycles. The first-order chi connectivity index (χ1) is 10.1. The van der Waals surface area contributed by atoms with Crippen molar-refractivity contribution in [2.45, 2.75) is 26.7 Å². The molecule has 1 unspecified atom stereocenters. The molecule has 5 heteroatoms. The highest BCUT2D eigenvalue weighted by Gasteiger charge is 2.30. The van der Waals surface area contributed by atoms with E-state index >= 15 is 0 Å². The molecule has 0 aliphatic heterocycles. The second kappa shape index (κ2) is 6.61. The number of fused-ring (bicyclic) bond motifs is 1. The molecule has 0 saturated carbocycles. The maximum atomic E-state index is 12.7. The van der Waals surface area contributed by atoms with Gasteiger partial charge in [-0.2, -0.15) is 0 Å². The fourth-order valence-corrected chi connectivity index (χ4v) is 2.89. The molecule has 0 saturated heterocycles. The third-order valence-corrected chi connectivity index (χ3v) is 4.21. The predicted molar refractivity (Wildman–Crippen MR) is 82.2 cm³/mol. The molecular weight excluding hydrogens is 266 g/mol. The predicted octanol–water partition coefficient (Wildman–Crippen LogP) is 1.63. The second-order valence-corrected chi connectivity index (χ2v) is 5.68. The summed E-state index contributed by atoms with van der Waals surface area (Å²) in [7, 11) is 0. The number of hydrogen-bond acceptors (Lipinski definition) is 3. The van der Waals surface area contributed by atoms with Gasteiger partial charge in [-0.1, -0.05) is 36.3 Å². The Morgan fingerprint density at radius 1 is 1.43 bits per heavy atom. The molecule has 3 N–H and O–H groups in total. The molecule has 1 atom stereocenters. The van der Waals surface area contributed by atoms with Crippen molar-refractivity contribution < 1.29 is 10.0 Å². The number of amides is 1. The Morgan fingerprint density at radius 3 is 2.48 bits per heavy atom. The smallest absolute Gasteiger partial charge is 0.226 e. The Kier molecular flexibility index (Phi) is 4.83. The van der Waals surface area contributed by atoms with Crippen LogP contribution in [-0.2, 0) is 17.6 Å². The van der Waals surface area contributed by atoms with Crippen LogP contribution in [0.2, 0.25) is 0 Å². The average molecular weight is 289 g/mol. The van der Waals surface area contributed by atoms with Gasteiger partial charge in [0.2, 0.25) is 5.91 Å². The summed E-state index contributed by atoms with van der Waals surface area (Å²) in [5.41, 5.74) is 8.15. The molecule has 114 valence electrons. The molecule has 21 heavy (non-hydrogen) atoms. The minimum Gasteiger partial charge on any atom is -0.409 e. The summed E-state index contributed by atoms with van der Waals surface area (Å²) in [6.07, 6.45) is 1.62. The SMILES string of the molecule is CCN(CC(C)/C(N)=N/O)C(=O)C1Cc2ccccc2C1. The molecule has 1 amide bonds. The first-order valence-electron chi connectivity index (χ1n) is 7.39. The number of amidine groups is 1. The lowest BCUT2D eigenvalue weighted by Gasteiger charge is -2.26. The van der Waals surface area contributed by atoms with Crippen molar-refractivity contribution in [3.05, 3.63) is 35.4 Å².